The van der Waals surface area contributed by atoms with Crippen LogP contribution in [-0.2, 0) is 11.3 Å². The number of hydrogen-bond donors (Lipinski definition) is 3. The van der Waals surface area contributed by atoms with Crippen molar-refractivity contribution in [3.8, 4) is 0 Å². The monoisotopic (exact) mass is 536 g/mol. The van der Waals surface area contributed by atoms with Crippen LogP contribution in [-0.4, -0.2) is 54.0 Å². The maximum absolute atomic E-state index is 12.6. The Morgan fingerprint density at radius 3 is 2.27 bits per heavy atom. The number of nitrogens with one attached hydrogen (secondary N) is 2. The molecule has 4 rings (SSSR count). The van der Waals surface area contributed by atoms with Crippen LogP contribution in [0.3, 0.4) is 0 Å². The molecule has 194 valence electrons. The molecule has 7 nitrogen and oxygen atoms in total. The van der Waals surface area contributed by atoms with Crippen molar-refractivity contribution in [1.29, 1.82) is 0 Å². The smallest absolute Gasteiger partial charge is 0.318 e. The van der Waals surface area contributed by atoms with Gasteiger partial charge in [-0.05, 0) is 41.0 Å². The van der Waals surface area contributed by atoms with Crippen molar-refractivity contribution in [2.75, 3.05) is 37.6 Å². The summed E-state index contributed by atoms with van der Waals surface area (Å²) in [6.45, 7) is 3.93. The van der Waals surface area contributed by atoms with Crippen LogP contribution in [0.25, 0.3) is 12.2 Å². The van der Waals surface area contributed by atoms with E-state index in [1.54, 1.807) is 0 Å². The molecular weight excluding hydrogens is 504 g/mol. The molecule has 0 spiro atoms. The van der Waals surface area contributed by atoms with Gasteiger partial charge < -0.3 is 15.3 Å². The van der Waals surface area contributed by atoms with Crippen molar-refractivity contribution in [1.82, 2.24) is 14.3 Å². The molecule has 0 aliphatic carbocycles. The molecule has 0 bridgehead atoms. The molecule has 0 radical (unpaired) electrons. The Kier molecular flexibility index (Phi) is 11.1. The largest absolute Gasteiger partial charge is 0.480 e. The van der Waals surface area contributed by atoms with E-state index in [2.05, 4.69) is 43.5 Å². The molecule has 1 saturated heterocycles. The second-order valence-corrected chi connectivity index (χ2v) is 9.43. The zero-order valence-corrected chi connectivity index (χ0v) is 22.3. The normalized spacial score (nSPS) is 13.8. The van der Waals surface area contributed by atoms with Crippen molar-refractivity contribution >= 4 is 55.3 Å². The van der Waals surface area contributed by atoms with Crippen molar-refractivity contribution in [2.45, 2.75) is 6.54 Å². The molecule has 1 amide bonds. The van der Waals surface area contributed by atoms with Gasteiger partial charge in [0, 0.05) is 56.1 Å². The summed E-state index contributed by atoms with van der Waals surface area (Å²) in [5, 5.41) is 11.7. The number of carbonyl (C=O) groups is 2. The van der Waals surface area contributed by atoms with Gasteiger partial charge in [0.05, 0.1) is 0 Å². The van der Waals surface area contributed by atoms with Crippen LogP contribution in [0.4, 0.5) is 5.69 Å². The summed E-state index contributed by atoms with van der Waals surface area (Å²) in [6, 6.07) is 25.9. The fourth-order valence-corrected chi connectivity index (χ4v) is 4.59. The van der Waals surface area contributed by atoms with Crippen molar-refractivity contribution in [2.24, 2.45) is 0 Å². The number of aliphatic carboxylic acids is 1. The fourth-order valence-electron chi connectivity index (χ4n) is 3.88. The summed E-state index contributed by atoms with van der Waals surface area (Å²) in [5.74, 6) is -0.943. The van der Waals surface area contributed by atoms with E-state index in [1.807, 2.05) is 66.7 Å². The lowest BCUT2D eigenvalue weighted by molar-refractivity contribution is -0.135. The first-order chi connectivity index (χ1) is 17.6. The van der Waals surface area contributed by atoms with E-state index in [0.29, 0.717) is 12.1 Å². The highest BCUT2D eigenvalue weighted by molar-refractivity contribution is 7.95. The van der Waals surface area contributed by atoms with Crippen molar-refractivity contribution in [3.63, 3.8) is 0 Å². The van der Waals surface area contributed by atoms with Crippen LogP contribution < -0.4 is 14.9 Å². The Morgan fingerprint density at radius 1 is 0.865 bits per heavy atom. The molecule has 1 aliphatic heterocycles. The summed E-state index contributed by atoms with van der Waals surface area (Å²) >= 11 is 1.38. The van der Waals surface area contributed by atoms with Gasteiger partial charge >= 0.3 is 5.97 Å². The summed E-state index contributed by atoms with van der Waals surface area (Å²) in [7, 11) is 0. The lowest BCUT2D eigenvalue weighted by atomic mass is 10.1. The molecule has 3 N–H and O–H groups in total. The van der Waals surface area contributed by atoms with Crippen molar-refractivity contribution in [3.05, 3.63) is 101 Å². The number of carbonyl (C=O) groups excluding carboxylic acids is 1. The van der Waals surface area contributed by atoms with Crippen LogP contribution in [0.5, 0.6) is 0 Å². The van der Waals surface area contributed by atoms with Gasteiger partial charge in [0.1, 0.15) is 6.54 Å². The van der Waals surface area contributed by atoms with Gasteiger partial charge in [-0.25, -0.2) is 9.03 Å². The zero-order chi connectivity index (χ0) is 25.2. The summed E-state index contributed by atoms with van der Waals surface area (Å²) in [6.07, 6.45) is 4.07. The molecule has 1 heterocycles. The number of amides is 1. The maximum atomic E-state index is 12.6. The van der Waals surface area contributed by atoms with Gasteiger partial charge in [0.2, 0.25) is 0 Å². The maximum Gasteiger partial charge on any atom is 0.318 e. The Balaban J connectivity index is 0.00000380. The first-order valence-electron chi connectivity index (χ1n) is 11.9. The molecule has 9 heteroatoms. The number of hydrogen-bond acceptors (Lipinski definition) is 6. The summed E-state index contributed by atoms with van der Waals surface area (Å²) < 4.78 is 5.01. The first-order valence-corrected chi connectivity index (χ1v) is 12.7. The van der Waals surface area contributed by atoms with Gasteiger partial charge in [-0.3, -0.25) is 9.59 Å². The molecule has 1 aliphatic rings. The third kappa shape index (κ3) is 8.98. The highest BCUT2D eigenvalue weighted by atomic mass is 32.2. The lowest BCUT2D eigenvalue weighted by Crippen LogP contribution is -2.44. The number of carboxylic acids is 1. The van der Waals surface area contributed by atoms with Crippen molar-refractivity contribution < 1.29 is 14.7 Å². The van der Waals surface area contributed by atoms with E-state index >= 15 is 0 Å². The molecule has 0 saturated carbocycles. The third-order valence-electron chi connectivity index (χ3n) is 5.83. The molecule has 0 atom stereocenters. The lowest BCUT2D eigenvalue weighted by Gasteiger charge is -2.35. The topological polar surface area (TPSA) is 84.9 Å². The SMILES string of the molecule is O=C(O)CNSN1CCN(c2ccc(/C=C/c3cccc(C(=O)NCc4ccccc4)c3)cc2)CC1.S. The predicted molar refractivity (Wildman–Crippen MR) is 157 cm³/mol. The highest BCUT2D eigenvalue weighted by Crippen LogP contribution is 2.20. The summed E-state index contributed by atoms with van der Waals surface area (Å²) in [5.41, 5.74) is 4.94. The van der Waals surface area contributed by atoms with Crippen LogP contribution in [0, 0.1) is 0 Å². The first kappa shape index (κ1) is 28.3. The Bertz CT molecular complexity index is 1180. The van der Waals surface area contributed by atoms with E-state index in [4.69, 9.17) is 5.11 Å². The molecule has 3 aromatic rings. The number of piperazine rings is 1. The van der Waals surface area contributed by atoms with Gasteiger partial charge in [-0.2, -0.15) is 13.5 Å². The number of rotatable bonds is 10. The van der Waals surface area contributed by atoms with E-state index in [0.717, 1.165) is 42.9 Å². The van der Waals surface area contributed by atoms with Gasteiger partial charge in [-0.1, -0.05) is 66.7 Å². The number of nitrogens with zero attached hydrogens (tertiary/aromatic N) is 2. The van der Waals surface area contributed by atoms with Crippen LogP contribution in [0.15, 0.2) is 78.9 Å². The molecule has 3 aromatic carbocycles. The number of benzene rings is 3. The molecule has 0 aromatic heterocycles. The third-order valence-corrected chi connectivity index (χ3v) is 6.72. The minimum Gasteiger partial charge on any atom is -0.480 e. The van der Waals surface area contributed by atoms with E-state index in [-0.39, 0.29) is 25.9 Å². The van der Waals surface area contributed by atoms with E-state index in [9.17, 15) is 9.59 Å². The van der Waals surface area contributed by atoms with Gasteiger partial charge in [-0.15, -0.1) is 0 Å². The van der Waals surface area contributed by atoms with Crippen LogP contribution in [0.1, 0.15) is 27.0 Å². The molecule has 37 heavy (non-hydrogen) atoms. The van der Waals surface area contributed by atoms with Crippen LogP contribution >= 0.6 is 25.6 Å². The number of carboxylic acid groups (broad SMARTS) is 1. The Hall–Kier alpha value is -3.24. The highest BCUT2D eigenvalue weighted by Gasteiger charge is 2.17. The van der Waals surface area contributed by atoms with Gasteiger partial charge in [0.25, 0.3) is 5.91 Å². The quantitative estimate of drug-likeness (QED) is 0.264. The Labute approximate surface area is 229 Å². The molecule has 1 fully saturated rings. The average molecular weight is 537 g/mol. The second-order valence-electron chi connectivity index (χ2n) is 8.44. The van der Waals surface area contributed by atoms with E-state index in [1.165, 1.54) is 17.8 Å². The minimum absolute atomic E-state index is 0. The second kappa shape index (κ2) is 14.5. The molecular formula is C28H32N4O3S2. The standard InChI is InChI=1S/C28H30N4O3S.H2S/c33-27(34)21-30-36-32-17-15-31(16-18-32)26-13-11-22(12-14-26)9-10-23-7-4-8-25(19-23)28(35)29-20-24-5-2-1-3-6-24;/h1-14,19,30H,15-18,20-21H2,(H,29,35)(H,33,34);1H2/b10-9+;. The Morgan fingerprint density at radius 2 is 1.57 bits per heavy atom. The zero-order valence-electron chi connectivity index (χ0n) is 20.5. The summed E-state index contributed by atoms with van der Waals surface area (Å²) in [4.78, 5) is 25.5. The molecule has 0 unspecified atom stereocenters. The van der Waals surface area contributed by atoms with Crippen LogP contribution in [0.2, 0.25) is 0 Å². The number of anilines is 1. The fraction of sp³-hybridized carbons (Fsp3) is 0.214. The van der Waals surface area contributed by atoms with Gasteiger partial charge in [0.15, 0.2) is 0 Å². The predicted octanol–water partition coefficient (Wildman–Crippen LogP) is 4.26. The average Bonchev–Trinajstić information content (AvgIpc) is 2.92. The minimum atomic E-state index is -0.854. The van der Waals surface area contributed by atoms with E-state index < -0.39 is 5.97 Å².